The van der Waals surface area contributed by atoms with E-state index < -0.39 is 9.84 Å². The Hall–Kier alpha value is 0.200. The summed E-state index contributed by atoms with van der Waals surface area (Å²) in [6, 6.07) is 0. The average Bonchev–Trinajstić information content (AvgIpc) is 2.22. The highest BCUT2D eigenvalue weighted by molar-refractivity contribution is 7.91. The molecule has 15 heavy (non-hydrogen) atoms. The van der Waals surface area contributed by atoms with Crippen molar-refractivity contribution in [1.82, 2.24) is 5.32 Å². The Morgan fingerprint density at radius 1 is 1.33 bits per heavy atom. The third kappa shape index (κ3) is 8.05. The van der Waals surface area contributed by atoms with Crippen LogP contribution < -0.4 is 5.32 Å². The van der Waals surface area contributed by atoms with Gasteiger partial charge in [0.1, 0.15) is 0 Å². The lowest BCUT2D eigenvalue weighted by Gasteiger charge is -2.13. The van der Waals surface area contributed by atoms with E-state index in [2.05, 4.69) is 12.2 Å². The monoisotopic (exact) mass is 255 g/mol. The van der Waals surface area contributed by atoms with Crippen molar-refractivity contribution in [2.24, 2.45) is 5.92 Å². The molecule has 0 spiro atoms. The Bertz CT molecular complexity index is 242. The van der Waals surface area contributed by atoms with E-state index in [4.69, 9.17) is 11.6 Å². The maximum absolute atomic E-state index is 11.2. The van der Waals surface area contributed by atoms with E-state index in [1.54, 1.807) is 6.92 Å². The van der Waals surface area contributed by atoms with Gasteiger partial charge >= 0.3 is 0 Å². The predicted molar refractivity (Wildman–Crippen MR) is 66.3 cm³/mol. The molecule has 0 rings (SSSR count). The lowest BCUT2D eigenvalue weighted by molar-refractivity contribution is 0.458. The van der Waals surface area contributed by atoms with Crippen LogP contribution in [0.1, 0.15) is 26.7 Å². The SMILES string of the molecule is CCC(CCCl)CNCCS(=O)(=O)CC. The van der Waals surface area contributed by atoms with Crippen LogP contribution in [0, 0.1) is 5.92 Å². The third-order valence-corrected chi connectivity index (χ3v) is 4.48. The third-order valence-electron chi connectivity index (χ3n) is 2.56. The zero-order valence-corrected chi connectivity index (χ0v) is 11.2. The predicted octanol–water partition coefficient (Wildman–Crippen LogP) is 1.67. The molecule has 0 heterocycles. The lowest BCUT2D eigenvalue weighted by atomic mass is 10.0. The first-order valence-corrected chi connectivity index (χ1v) is 7.88. The number of rotatable bonds is 9. The summed E-state index contributed by atoms with van der Waals surface area (Å²) in [6.45, 7) is 5.22. The molecule has 0 aromatic heterocycles. The summed E-state index contributed by atoms with van der Waals surface area (Å²) in [5.41, 5.74) is 0. The van der Waals surface area contributed by atoms with Crippen LogP contribution in [0.5, 0.6) is 0 Å². The molecule has 0 bridgehead atoms. The van der Waals surface area contributed by atoms with Crippen LogP contribution in [-0.2, 0) is 9.84 Å². The standard InChI is InChI=1S/C10H22ClNO2S/c1-3-10(5-6-11)9-12-7-8-15(13,14)4-2/h10,12H,3-9H2,1-2H3. The van der Waals surface area contributed by atoms with Crippen molar-refractivity contribution in [3.63, 3.8) is 0 Å². The second kappa shape index (κ2) is 8.36. The van der Waals surface area contributed by atoms with Crippen molar-refractivity contribution in [1.29, 1.82) is 0 Å². The minimum atomic E-state index is -2.83. The molecule has 0 amide bonds. The van der Waals surface area contributed by atoms with Crippen molar-refractivity contribution in [2.45, 2.75) is 26.7 Å². The smallest absolute Gasteiger partial charge is 0.151 e. The fourth-order valence-electron chi connectivity index (χ4n) is 1.28. The summed E-state index contributed by atoms with van der Waals surface area (Å²) in [5.74, 6) is 1.70. The van der Waals surface area contributed by atoms with Gasteiger partial charge in [0.15, 0.2) is 9.84 Å². The van der Waals surface area contributed by atoms with Gasteiger partial charge in [-0.15, -0.1) is 11.6 Å². The fraction of sp³-hybridized carbons (Fsp3) is 1.00. The molecule has 0 saturated heterocycles. The van der Waals surface area contributed by atoms with E-state index in [0.29, 0.717) is 18.3 Å². The average molecular weight is 256 g/mol. The first-order valence-electron chi connectivity index (χ1n) is 5.52. The topological polar surface area (TPSA) is 46.2 Å². The number of halogens is 1. The maximum Gasteiger partial charge on any atom is 0.151 e. The molecule has 0 saturated carbocycles. The van der Waals surface area contributed by atoms with E-state index in [9.17, 15) is 8.42 Å². The number of sulfone groups is 1. The Morgan fingerprint density at radius 3 is 2.47 bits per heavy atom. The normalized spacial score (nSPS) is 14.1. The second-order valence-corrected chi connectivity index (χ2v) is 6.54. The molecule has 0 aromatic carbocycles. The van der Waals surface area contributed by atoms with Gasteiger partial charge in [0.05, 0.1) is 5.75 Å². The minimum absolute atomic E-state index is 0.230. The molecule has 0 radical (unpaired) electrons. The van der Waals surface area contributed by atoms with Crippen LogP contribution in [0.2, 0.25) is 0 Å². The molecule has 92 valence electrons. The molecule has 0 aliphatic rings. The van der Waals surface area contributed by atoms with Gasteiger partial charge in [-0.05, 0) is 18.9 Å². The molecule has 1 atom stereocenters. The molecule has 0 aliphatic heterocycles. The Labute approximate surface area is 98.5 Å². The number of alkyl halides is 1. The molecular formula is C10H22ClNO2S. The van der Waals surface area contributed by atoms with Crippen LogP contribution in [0.25, 0.3) is 0 Å². The van der Waals surface area contributed by atoms with Crippen LogP contribution in [0.4, 0.5) is 0 Å². The quantitative estimate of drug-likeness (QED) is 0.504. The van der Waals surface area contributed by atoms with E-state index in [0.717, 1.165) is 19.4 Å². The van der Waals surface area contributed by atoms with Crippen LogP contribution in [-0.4, -0.2) is 38.9 Å². The van der Waals surface area contributed by atoms with Gasteiger partial charge in [-0.25, -0.2) is 8.42 Å². The van der Waals surface area contributed by atoms with E-state index in [-0.39, 0.29) is 11.5 Å². The molecule has 3 nitrogen and oxygen atoms in total. The zero-order chi connectivity index (χ0) is 11.7. The van der Waals surface area contributed by atoms with Crippen molar-refractivity contribution < 1.29 is 8.42 Å². The zero-order valence-electron chi connectivity index (χ0n) is 9.63. The molecule has 0 aromatic rings. The first kappa shape index (κ1) is 15.2. The highest BCUT2D eigenvalue weighted by atomic mass is 35.5. The van der Waals surface area contributed by atoms with Gasteiger partial charge < -0.3 is 5.32 Å². The number of hydrogen-bond donors (Lipinski definition) is 1. The van der Waals surface area contributed by atoms with E-state index >= 15 is 0 Å². The highest BCUT2D eigenvalue weighted by Gasteiger charge is 2.08. The van der Waals surface area contributed by atoms with Crippen LogP contribution in [0.15, 0.2) is 0 Å². The van der Waals surface area contributed by atoms with Gasteiger partial charge in [-0.1, -0.05) is 20.3 Å². The van der Waals surface area contributed by atoms with Crippen LogP contribution >= 0.6 is 11.6 Å². The number of hydrogen-bond acceptors (Lipinski definition) is 3. The number of nitrogens with one attached hydrogen (secondary N) is 1. The fourth-order valence-corrected chi connectivity index (χ4v) is 2.34. The van der Waals surface area contributed by atoms with Gasteiger partial charge in [-0.3, -0.25) is 0 Å². The van der Waals surface area contributed by atoms with Gasteiger partial charge in [-0.2, -0.15) is 0 Å². The summed E-state index contributed by atoms with van der Waals surface area (Å²) in [7, 11) is -2.83. The molecule has 1 unspecified atom stereocenters. The highest BCUT2D eigenvalue weighted by Crippen LogP contribution is 2.07. The Morgan fingerprint density at radius 2 is 2.00 bits per heavy atom. The lowest BCUT2D eigenvalue weighted by Crippen LogP contribution is -2.28. The summed E-state index contributed by atoms with van der Waals surface area (Å²) < 4.78 is 22.4. The van der Waals surface area contributed by atoms with Crippen molar-refractivity contribution in [3.8, 4) is 0 Å². The minimum Gasteiger partial charge on any atom is -0.315 e. The summed E-state index contributed by atoms with van der Waals surface area (Å²) in [6.07, 6.45) is 2.08. The van der Waals surface area contributed by atoms with Crippen molar-refractivity contribution in [2.75, 3.05) is 30.5 Å². The van der Waals surface area contributed by atoms with E-state index in [1.165, 1.54) is 0 Å². The Kier molecular flexibility index (Phi) is 8.47. The molecule has 1 N–H and O–H groups in total. The molecule has 5 heteroatoms. The largest absolute Gasteiger partial charge is 0.315 e. The van der Waals surface area contributed by atoms with E-state index in [1.807, 2.05) is 0 Å². The Balaban J connectivity index is 3.61. The van der Waals surface area contributed by atoms with Crippen molar-refractivity contribution in [3.05, 3.63) is 0 Å². The molecule has 0 fully saturated rings. The maximum atomic E-state index is 11.2. The van der Waals surface area contributed by atoms with Crippen LogP contribution in [0.3, 0.4) is 0 Å². The van der Waals surface area contributed by atoms with Crippen molar-refractivity contribution >= 4 is 21.4 Å². The van der Waals surface area contributed by atoms with Gasteiger partial charge in [0.2, 0.25) is 0 Å². The van der Waals surface area contributed by atoms with Gasteiger partial charge in [0.25, 0.3) is 0 Å². The molecular weight excluding hydrogens is 234 g/mol. The second-order valence-electron chi connectivity index (χ2n) is 3.69. The van der Waals surface area contributed by atoms with Gasteiger partial charge in [0, 0.05) is 18.2 Å². The molecule has 0 aliphatic carbocycles. The first-order chi connectivity index (χ1) is 7.05. The summed E-state index contributed by atoms with van der Waals surface area (Å²) in [4.78, 5) is 0. The summed E-state index contributed by atoms with van der Waals surface area (Å²) in [5, 5.41) is 3.17. The summed E-state index contributed by atoms with van der Waals surface area (Å²) >= 11 is 5.66.